The van der Waals surface area contributed by atoms with Gasteiger partial charge in [0, 0.05) is 12.8 Å². The van der Waals surface area contributed by atoms with Gasteiger partial charge in [0.25, 0.3) is 0 Å². The van der Waals surface area contributed by atoms with Crippen molar-refractivity contribution in [3.05, 3.63) is 0 Å². The molecule has 1 saturated heterocycles. The highest BCUT2D eigenvalue weighted by Gasteiger charge is 2.45. The third-order valence-corrected chi connectivity index (χ3v) is 2.36. The molecule has 0 saturated carbocycles. The molecule has 0 unspecified atom stereocenters. The van der Waals surface area contributed by atoms with Gasteiger partial charge in [0.2, 0.25) is 0 Å². The van der Waals surface area contributed by atoms with E-state index in [1.165, 1.54) is 0 Å². The summed E-state index contributed by atoms with van der Waals surface area (Å²) in [5.74, 6) is 0.192. The van der Waals surface area contributed by atoms with Gasteiger partial charge in [0.1, 0.15) is 5.78 Å². The minimum Gasteiger partial charge on any atom is -0.300 e. The molecule has 1 rings (SSSR count). The highest BCUT2D eigenvalue weighted by atomic mass is 16.5. The number of Topliss-reactive ketones (excluding diaryl/α,β-unsaturated/α-hetero) is 1. The Bertz CT molecular complexity index is 189. The molecule has 3 heteroatoms. The van der Waals surface area contributed by atoms with E-state index in [1.54, 1.807) is 0 Å². The molecular weight excluding hydrogens is 154 g/mol. The fourth-order valence-electron chi connectivity index (χ4n) is 1.99. The van der Waals surface area contributed by atoms with Crippen LogP contribution in [0.5, 0.6) is 0 Å². The smallest absolute Gasteiger partial charge is 0.136 e. The molecule has 69 valence electrons. The van der Waals surface area contributed by atoms with Crippen LogP contribution in [-0.4, -0.2) is 21.9 Å². The third kappa shape index (κ3) is 1.52. The highest BCUT2D eigenvalue weighted by molar-refractivity contribution is 5.81. The van der Waals surface area contributed by atoms with Gasteiger partial charge in [0.05, 0.1) is 11.1 Å². The third-order valence-electron chi connectivity index (χ3n) is 2.36. The number of piperidine rings is 1. The van der Waals surface area contributed by atoms with Crippen LogP contribution in [0.15, 0.2) is 0 Å². The molecule has 0 spiro atoms. The van der Waals surface area contributed by atoms with E-state index in [1.807, 2.05) is 27.7 Å². The van der Waals surface area contributed by atoms with Crippen molar-refractivity contribution in [1.82, 2.24) is 5.06 Å². The van der Waals surface area contributed by atoms with Gasteiger partial charge in [-0.15, -0.1) is 10.3 Å². The Morgan fingerprint density at radius 2 is 1.42 bits per heavy atom. The van der Waals surface area contributed by atoms with Crippen molar-refractivity contribution < 1.29 is 10.0 Å². The van der Waals surface area contributed by atoms with Crippen LogP contribution in [0.3, 0.4) is 0 Å². The first-order valence-electron chi connectivity index (χ1n) is 4.25. The quantitative estimate of drug-likeness (QED) is 0.553. The van der Waals surface area contributed by atoms with Crippen molar-refractivity contribution in [2.45, 2.75) is 51.6 Å². The summed E-state index contributed by atoms with van der Waals surface area (Å²) in [5, 5.41) is 12.7. The lowest BCUT2D eigenvalue weighted by molar-refractivity contribution is -0.280. The Morgan fingerprint density at radius 1 is 1.08 bits per heavy atom. The van der Waals surface area contributed by atoms with Crippen LogP contribution in [0.2, 0.25) is 0 Å². The molecular formula is C9H16NO2. The van der Waals surface area contributed by atoms with Gasteiger partial charge in [0.15, 0.2) is 0 Å². The topological polar surface area (TPSA) is 40.2 Å². The Kier molecular flexibility index (Phi) is 2.05. The van der Waals surface area contributed by atoms with Gasteiger partial charge in [-0.1, -0.05) is 0 Å². The van der Waals surface area contributed by atoms with E-state index in [9.17, 15) is 10.0 Å². The average Bonchev–Trinajstić information content (AvgIpc) is 1.80. The molecule has 1 heterocycles. The summed E-state index contributed by atoms with van der Waals surface area (Å²) in [4.78, 5) is 11.3. The minimum absolute atomic E-state index is 0.192. The van der Waals surface area contributed by atoms with E-state index in [2.05, 4.69) is 0 Å². The molecule has 0 aromatic carbocycles. The van der Waals surface area contributed by atoms with E-state index in [4.69, 9.17) is 0 Å². The molecule has 0 amide bonds. The average molecular weight is 170 g/mol. The highest BCUT2D eigenvalue weighted by Crippen LogP contribution is 2.34. The van der Waals surface area contributed by atoms with Crippen molar-refractivity contribution in [3.8, 4) is 0 Å². The van der Waals surface area contributed by atoms with Crippen molar-refractivity contribution in [1.29, 1.82) is 0 Å². The zero-order valence-corrected chi connectivity index (χ0v) is 8.18. The molecule has 0 aromatic heterocycles. The first-order valence-corrected chi connectivity index (χ1v) is 4.25. The zero-order chi connectivity index (χ0) is 9.57. The van der Waals surface area contributed by atoms with Crippen molar-refractivity contribution in [3.63, 3.8) is 0 Å². The van der Waals surface area contributed by atoms with Gasteiger partial charge in [-0.05, 0) is 27.7 Å². The first-order chi connectivity index (χ1) is 5.26. The normalized spacial score (nSPS) is 28.9. The van der Waals surface area contributed by atoms with E-state index >= 15 is 0 Å². The summed E-state index contributed by atoms with van der Waals surface area (Å²) in [6, 6.07) is 0. The zero-order valence-electron chi connectivity index (χ0n) is 8.18. The lowest BCUT2D eigenvalue weighted by Gasteiger charge is -2.45. The van der Waals surface area contributed by atoms with Gasteiger partial charge in [-0.25, -0.2) is 0 Å². The molecule has 0 aliphatic carbocycles. The maximum atomic E-state index is 11.7. The van der Waals surface area contributed by atoms with E-state index in [0.29, 0.717) is 12.8 Å². The molecule has 1 radical (unpaired) electrons. The van der Waals surface area contributed by atoms with Crippen LogP contribution >= 0.6 is 0 Å². The van der Waals surface area contributed by atoms with Gasteiger partial charge >= 0.3 is 0 Å². The second-order valence-electron chi connectivity index (χ2n) is 4.81. The van der Waals surface area contributed by atoms with Crippen molar-refractivity contribution in [2.75, 3.05) is 0 Å². The second-order valence-corrected chi connectivity index (χ2v) is 4.81. The second kappa shape index (κ2) is 2.54. The molecule has 1 aliphatic rings. The number of hydrogen-bond donors (Lipinski definition) is 0. The number of rotatable bonds is 0. The molecule has 12 heavy (non-hydrogen) atoms. The molecule has 0 bridgehead atoms. The Hall–Kier alpha value is -0.410. The Balaban J connectivity index is 2.91. The van der Waals surface area contributed by atoms with Crippen LogP contribution in [0.4, 0.5) is 0 Å². The summed E-state index contributed by atoms with van der Waals surface area (Å²) in [6.07, 6.45) is 0.750. The fourth-order valence-corrected chi connectivity index (χ4v) is 1.99. The first kappa shape index (κ1) is 9.68. The van der Waals surface area contributed by atoms with E-state index in [0.717, 1.165) is 5.06 Å². The summed E-state index contributed by atoms with van der Waals surface area (Å²) in [7, 11) is 0. The Morgan fingerprint density at radius 3 is 1.75 bits per heavy atom. The SMILES string of the molecule is CC1(C)CC(=O)CC(C)(C)[14N]1[O]. The number of carbonyl (C=O) groups is 1. The predicted molar refractivity (Wildman–Crippen MR) is 44.9 cm³/mol. The number of hydrogen-bond acceptors (Lipinski definition) is 2. The van der Waals surface area contributed by atoms with Crippen LogP contribution in [-0.2, 0) is 10.0 Å². The van der Waals surface area contributed by atoms with Crippen LogP contribution in [0, 0.1) is 0 Å². The molecule has 0 atom stereocenters. The lowest BCUT2D eigenvalue weighted by Crippen LogP contribution is -2.58. The largest absolute Gasteiger partial charge is 0.300 e. The number of ketones is 1. The molecule has 3 nitrogen and oxygen atoms in total. The summed E-state index contributed by atoms with van der Waals surface area (Å²) in [5.41, 5.74) is -1.06. The molecule has 1 fully saturated rings. The Labute approximate surface area is 73.3 Å². The van der Waals surface area contributed by atoms with E-state index in [-0.39, 0.29) is 5.78 Å². The van der Waals surface area contributed by atoms with Crippen LogP contribution in [0.25, 0.3) is 0 Å². The lowest BCUT2D eigenvalue weighted by atomic mass is 9.81. The monoisotopic (exact) mass is 170 g/mol. The van der Waals surface area contributed by atoms with Crippen LogP contribution in [0.1, 0.15) is 40.5 Å². The number of carbonyl (C=O) groups excluding carboxylic acids is 1. The molecule has 0 N–H and O–H groups in total. The number of hydroxylamine groups is 2. The summed E-state index contributed by atoms with van der Waals surface area (Å²) in [6.45, 7) is 7.27. The maximum absolute atomic E-state index is 11.7. The fraction of sp³-hybridized carbons (Fsp3) is 0.889. The summed E-state index contributed by atoms with van der Waals surface area (Å²) >= 11 is 0. The summed E-state index contributed by atoms with van der Waals surface area (Å²) < 4.78 is 0. The predicted octanol–water partition coefficient (Wildman–Crippen LogP) is 1.55. The maximum Gasteiger partial charge on any atom is 0.136 e. The van der Waals surface area contributed by atoms with Crippen molar-refractivity contribution in [2.24, 2.45) is 0 Å². The minimum atomic E-state index is -0.529. The number of nitrogens with zero attached hydrogens (tertiary/aromatic N) is 1. The molecule has 0 aromatic rings. The van der Waals surface area contributed by atoms with Crippen LogP contribution < -0.4 is 0 Å². The van der Waals surface area contributed by atoms with Gasteiger partial charge < -0.3 is 0 Å². The molecule has 1 aliphatic heterocycles. The standard InChI is InChI=1S/C9H16NO2/c1-8(2)5-7(11)6-9(3,4)10(8)12/h5-6H2,1-4H3/i10+0. The van der Waals surface area contributed by atoms with E-state index < -0.39 is 11.1 Å². The van der Waals surface area contributed by atoms with Gasteiger partial charge in [-0.2, -0.15) is 0 Å². The van der Waals surface area contributed by atoms with Crippen molar-refractivity contribution >= 4 is 5.78 Å². The van der Waals surface area contributed by atoms with Gasteiger partial charge in [-0.3, -0.25) is 4.79 Å².